The van der Waals surface area contributed by atoms with Gasteiger partial charge in [0.1, 0.15) is 5.75 Å². The van der Waals surface area contributed by atoms with Gasteiger partial charge in [0.2, 0.25) is 0 Å². The lowest BCUT2D eigenvalue weighted by Crippen LogP contribution is -2.20. The van der Waals surface area contributed by atoms with Crippen LogP contribution in [0.15, 0.2) is 48.5 Å². The van der Waals surface area contributed by atoms with Crippen LogP contribution >= 0.6 is 0 Å². The summed E-state index contributed by atoms with van der Waals surface area (Å²) in [5.74, 6) is -2.07. The molecule has 2 rings (SSSR count). The van der Waals surface area contributed by atoms with Crippen LogP contribution in [0.25, 0.3) is 6.08 Å². The first-order valence-electron chi connectivity index (χ1n) is 9.05. The van der Waals surface area contributed by atoms with Crippen molar-refractivity contribution in [1.82, 2.24) is 0 Å². The van der Waals surface area contributed by atoms with Gasteiger partial charge < -0.3 is 14.8 Å². The maximum Gasteiger partial charge on any atom is 0.416 e. The number of nitrogens with one attached hydrogen (secondary N) is 1. The molecule has 0 saturated heterocycles. The largest absolute Gasteiger partial charge is 0.484 e. The number of rotatable bonds is 7. The zero-order chi connectivity index (χ0) is 23.9. The van der Waals surface area contributed by atoms with Crippen LogP contribution in [0.4, 0.5) is 32.0 Å². The van der Waals surface area contributed by atoms with Crippen molar-refractivity contribution in [3.8, 4) is 5.75 Å². The van der Waals surface area contributed by atoms with Crippen molar-refractivity contribution in [2.45, 2.75) is 19.3 Å². The minimum absolute atomic E-state index is 0.0368. The van der Waals surface area contributed by atoms with Crippen molar-refractivity contribution in [3.05, 3.63) is 65.2 Å². The molecule has 32 heavy (non-hydrogen) atoms. The lowest BCUT2D eigenvalue weighted by molar-refractivity contribution is -0.143. The first-order chi connectivity index (χ1) is 14.9. The Hall–Kier alpha value is -3.50. The maximum absolute atomic E-state index is 12.9. The summed E-state index contributed by atoms with van der Waals surface area (Å²) in [6.45, 7) is 1.08. The first kappa shape index (κ1) is 24.8. The van der Waals surface area contributed by atoms with Gasteiger partial charge in [0, 0.05) is 11.8 Å². The van der Waals surface area contributed by atoms with Crippen molar-refractivity contribution in [2.75, 3.05) is 18.5 Å². The summed E-state index contributed by atoms with van der Waals surface area (Å²) in [5.41, 5.74) is -2.17. The zero-order valence-electron chi connectivity index (χ0n) is 16.5. The molecule has 5 nitrogen and oxygen atoms in total. The van der Waals surface area contributed by atoms with Gasteiger partial charge in [-0.05, 0) is 48.9 Å². The summed E-state index contributed by atoms with van der Waals surface area (Å²) >= 11 is 0. The van der Waals surface area contributed by atoms with Crippen molar-refractivity contribution in [2.24, 2.45) is 0 Å². The number of esters is 1. The highest BCUT2D eigenvalue weighted by Gasteiger charge is 2.37. The third kappa shape index (κ3) is 7.64. The smallest absolute Gasteiger partial charge is 0.416 e. The van der Waals surface area contributed by atoms with E-state index in [1.165, 1.54) is 24.3 Å². The predicted molar refractivity (Wildman–Crippen MR) is 103 cm³/mol. The van der Waals surface area contributed by atoms with E-state index in [2.05, 4.69) is 5.32 Å². The molecule has 2 aromatic carbocycles. The number of ether oxygens (including phenoxy) is 2. The van der Waals surface area contributed by atoms with Crippen LogP contribution in [0.3, 0.4) is 0 Å². The molecule has 0 heterocycles. The Morgan fingerprint density at radius 2 is 1.50 bits per heavy atom. The molecule has 0 aliphatic carbocycles. The molecular formula is C21H17F6NO4. The fraction of sp³-hybridized carbons (Fsp3) is 0.238. The normalized spacial score (nSPS) is 12.0. The van der Waals surface area contributed by atoms with Crippen LogP contribution in [0.5, 0.6) is 5.75 Å². The second-order valence-electron chi connectivity index (χ2n) is 6.29. The molecule has 0 saturated carbocycles. The second kappa shape index (κ2) is 10.2. The second-order valence-corrected chi connectivity index (χ2v) is 6.29. The van der Waals surface area contributed by atoms with Crippen LogP contribution in [0, 0.1) is 0 Å². The Kier molecular flexibility index (Phi) is 7.90. The molecule has 1 N–H and O–H groups in total. The fourth-order valence-corrected chi connectivity index (χ4v) is 2.39. The van der Waals surface area contributed by atoms with Gasteiger partial charge >= 0.3 is 18.3 Å². The lowest BCUT2D eigenvalue weighted by Gasteiger charge is -2.14. The highest BCUT2D eigenvalue weighted by atomic mass is 19.4. The average molecular weight is 461 g/mol. The number of halogens is 6. The van der Waals surface area contributed by atoms with E-state index in [-0.39, 0.29) is 12.7 Å². The van der Waals surface area contributed by atoms with Gasteiger partial charge in [-0.25, -0.2) is 4.79 Å². The number of hydrogen-bond acceptors (Lipinski definition) is 4. The zero-order valence-corrected chi connectivity index (χ0v) is 16.5. The van der Waals surface area contributed by atoms with Crippen molar-refractivity contribution in [3.63, 3.8) is 0 Å². The molecule has 11 heteroatoms. The molecule has 2 aromatic rings. The van der Waals surface area contributed by atoms with Gasteiger partial charge in [-0.2, -0.15) is 26.3 Å². The molecule has 172 valence electrons. The van der Waals surface area contributed by atoms with Crippen molar-refractivity contribution < 1.29 is 45.4 Å². The van der Waals surface area contributed by atoms with Gasteiger partial charge in [0.05, 0.1) is 17.7 Å². The van der Waals surface area contributed by atoms with Crippen LogP contribution in [0.1, 0.15) is 23.6 Å². The third-order valence-electron chi connectivity index (χ3n) is 3.82. The van der Waals surface area contributed by atoms with E-state index < -0.39 is 47.7 Å². The minimum Gasteiger partial charge on any atom is -0.484 e. The monoisotopic (exact) mass is 461 g/mol. The number of carbonyl (C=O) groups is 2. The lowest BCUT2D eigenvalue weighted by atomic mass is 10.1. The molecule has 0 fully saturated rings. The van der Waals surface area contributed by atoms with E-state index in [1.807, 2.05) is 0 Å². The van der Waals surface area contributed by atoms with Gasteiger partial charge in [-0.1, -0.05) is 12.1 Å². The quantitative estimate of drug-likeness (QED) is 0.345. The summed E-state index contributed by atoms with van der Waals surface area (Å²) in [7, 11) is 0. The first-order valence-corrected chi connectivity index (χ1v) is 9.05. The number of benzene rings is 2. The van der Waals surface area contributed by atoms with Crippen LogP contribution in [-0.2, 0) is 26.7 Å². The average Bonchev–Trinajstić information content (AvgIpc) is 2.70. The molecule has 0 atom stereocenters. The van der Waals surface area contributed by atoms with Gasteiger partial charge in [-0.15, -0.1) is 0 Å². The Morgan fingerprint density at radius 3 is 2.00 bits per heavy atom. The molecule has 0 unspecified atom stereocenters. The maximum atomic E-state index is 12.9. The van der Waals surface area contributed by atoms with Crippen LogP contribution < -0.4 is 10.1 Å². The molecule has 0 bridgehead atoms. The van der Waals surface area contributed by atoms with E-state index in [0.29, 0.717) is 23.4 Å². The number of anilines is 1. The molecule has 0 aliphatic heterocycles. The molecule has 0 aromatic heterocycles. The minimum atomic E-state index is -5.02. The Balaban J connectivity index is 2.01. The Morgan fingerprint density at radius 1 is 0.938 bits per heavy atom. The molecule has 1 amide bonds. The fourth-order valence-electron chi connectivity index (χ4n) is 2.39. The van der Waals surface area contributed by atoms with Crippen molar-refractivity contribution in [1.29, 1.82) is 0 Å². The SMILES string of the molecule is CCOC(=O)/C=C/c1ccc(NC(=O)COc2cc(C(F)(F)F)cc(C(F)(F)F)c2)cc1. The van der Waals surface area contributed by atoms with E-state index >= 15 is 0 Å². The Bertz CT molecular complexity index is 949. The summed E-state index contributed by atoms with van der Waals surface area (Å²) in [6.07, 6.45) is -7.34. The van der Waals surface area contributed by atoms with E-state index in [0.717, 1.165) is 0 Å². The van der Waals surface area contributed by atoms with Gasteiger partial charge in [0.25, 0.3) is 5.91 Å². The highest BCUT2D eigenvalue weighted by molar-refractivity contribution is 5.92. The summed E-state index contributed by atoms with van der Waals surface area (Å²) < 4.78 is 86.7. The van der Waals surface area contributed by atoms with Crippen molar-refractivity contribution >= 4 is 23.6 Å². The summed E-state index contributed by atoms with van der Waals surface area (Å²) in [5, 5.41) is 2.39. The summed E-state index contributed by atoms with van der Waals surface area (Å²) in [6, 6.07) is 6.82. The summed E-state index contributed by atoms with van der Waals surface area (Å²) in [4.78, 5) is 23.2. The molecular weight excluding hydrogens is 444 g/mol. The highest BCUT2D eigenvalue weighted by Crippen LogP contribution is 2.38. The van der Waals surface area contributed by atoms with E-state index in [1.54, 1.807) is 19.1 Å². The molecule has 0 radical (unpaired) electrons. The molecule has 0 spiro atoms. The number of amides is 1. The van der Waals surface area contributed by atoms with Crippen LogP contribution in [-0.4, -0.2) is 25.1 Å². The number of carbonyl (C=O) groups excluding carboxylic acids is 2. The number of hydrogen-bond donors (Lipinski definition) is 1. The predicted octanol–water partition coefficient (Wildman–Crippen LogP) is 5.32. The number of alkyl halides is 6. The van der Waals surface area contributed by atoms with Crippen LogP contribution in [0.2, 0.25) is 0 Å². The third-order valence-corrected chi connectivity index (χ3v) is 3.82. The van der Waals surface area contributed by atoms with Gasteiger partial charge in [-0.3, -0.25) is 4.79 Å². The standard InChI is InChI=1S/C21H17F6NO4/c1-2-31-19(30)8-5-13-3-6-16(7-4-13)28-18(29)12-32-17-10-14(20(22,23)24)9-15(11-17)21(25,26)27/h3-11H,2,12H2,1H3,(H,28,29)/b8-5+. The Labute approximate surface area is 178 Å². The van der Waals surface area contributed by atoms with E-state index in [9.17, 15) is 35.9 Å². The van der Waals surface area contributed by atoms with Gasteiger partial charge in [0.15, 0.2) is 6.61 Å². The van der Waals surface area contributed by atoms with E-state index in [4.69, 9.17) is 9.47 Å². The topological polar surface area (TPSA) is 64.6 Å². The molecule has 0 aliphatic rings.